The van der Waals surface area contributed by atoms with Crippen LogP contribution in [0.15, 0.2) is 6.07 Å². The molecule has 2 aliphatic rings. The van der Waals surface area contributed by atoms with Gasteiger partial charge in [0.1, 0.15) is 17.3 Å². The summed E-state index contributed by atoms with van der Waals surface area (Å²) in [5.41, 5.74) is 0.530. The second-order valence-corrected chi connectivity index (χ2v) is 5.81. The van der Waals surface area contributed by atoms with Crippen LogP contribution in [0.5, 0.6) is 0 Å². The van der Waals surface area contributed by atoms with Crippen molar-refractivity contribution in [3.8, 4) is 0 Å². The first-order chi connectivity index (χ1) is 9.72. The molecule has 0 radical (unpaired) electrons. The van der Waals surface area contributed by atoms with Crippen LogP contribution < -0.4 is 5.32 Å². The van der Waals surface area contributed by atoms with Gasteiger partial charge in [-0.05, 0) is 32.6 Å². The van der Waals surface area contributed by atoms with Crippen molar-refractivity contribution in [3.63, 3.8) is 0 Å². The number of aryl methyl sites for hydroxylation is 1. The van der Waals surface area contributed by atoms with Gasteiger partial charge in [-0.15, -0.1) is 0 Å². The maximum absolute atomic E-state index is 12.6. The molecule has 0 aromatic carbocycles. The Bertz CT molecular complexity index is 491. The lowest BCUT2D eigenvalue weighted by molar-refractivity contribution is 0.0755. The third-order valence-electron chi connectivity index (χ3n) is 3.88. The summed E-state index contributed by atoms with van der Waals surface area (Å²) in [5.74, 6) is 1.50. The summed E-state index contributed by atoms with van der Waals surface area (Å²) in [4.78, 5) is 23.2. The van der Waals surface area contributed by atoms with E-state index in [4.69, 9.17) is 0 Å². The Morgan fingerprint density at radius 1 is 1.20 bits per heavy atom. The molecular weight excluding hydrogens is 252 g/mol. The molecule has 3 rings (SSSR count). The van der Waals surface area contributed by atoms with E-state index in [0.717, 1.165) is 31.7 Å². The van der Waals surface area contributed by atoms with Crippen LogP contribution in [0.4, 0.5) is 5.82 Å². The van der Waals surface area contributed by atoms with Gasteiger partial charge < -0.3 is 10.2 Å². The van der Waals surface area contributed by atoms with Crippen molar-refractivity contribution in [2.75, 3.05) is 18.4 Å². The number of rotatable bonds is 3. The van der Waals surface area contributed by atoms with Crippen LogP contribution >= 0.6 is 0 Å². The van der Waals surface area contributed by atoms with Gasteiger partial charge in [-0.25, -0.2) is 9.97 Å². The number of carbonyl (C=O) groups is 1. The Labute approximate surface area is 119 Å². The van der Waals surface area contributed by atoms with E-state index in [-0.39, 0.29) is 5.91 Å². The fraction of sp³-hybridized carbons (Fsp3) is 0.667. The molecule has 1 aliphatic heterocycles. The number of anilines is 1. The lowest BCUT2D eigenvalue weighted by Gasteiger charge is -2.20. The molecule has 1 saturated carbocycles. The van der Waals surface area contributed by atoms with Crippen molar-refractivity contribution in [3.05, 3.63) is 17.6 Å². The van der Waals surface area contributed by atoms with Gasteiger partial charge in [0.15, 0.2) is 0 Å². The summed E-state index contributed by atoms with van der Waals surface area (Å²) >= 11 is 0. The van der Waals surface area contributed by atoms with Crippen molar-refractivity contribution >= 4 is 11.7 Å². The third-order valence-corrected chi connectivity index (χ3v) is 3.88. The SMILES string of the molecule is Cc1nc(NC2CC2)cc(C(=O)N2CCCCCC2)n1. The second kappa shape index (κ2) is 5.77. The summed E-state index contributed by atoms with van der Waals surface area (Å²) in [6.45, 7) is 3.55. The van der Waals surface area contributed by atoms with E-state index >= 15 is 0 Å². The molecule has 5 nitrogen and oxygen atoms in total. The number of amides is 1. The molecule has 0 bridgehead atoms. The van der Waals surface area contributed by atoms with Crippen LogP contribution in [0, 0.1) is 6.92 Å². The highest BCUT2D eigenvalue weighted by molar-refractivity contribution is 5.93. The number of nitrogens with zero attached hydrogens (tertiary/aromatic N) is 3. The van der Waals surface area contributed by atoms with Crippen LogP contribution in [-0.4, -0.2) is 39.9 Å². The number of nitrogens with one attached hydrogen (secondary N) is 1. The van der Waals surface area contributed by atoms with Crippen LogP contribution in [0.3, 0.4) is 0 Å². The van der Waals surface area contributed by atoms with Crippen LogP contribution in [-0.2, 0) is 0 Å². The Morgan fingerprint density at radius 2 is 1.90 bits per heavy atom. The first-order valence-electron chi connectivity index (χ1n) is 7.64. The van der Waals surface area contributed by atoms with Crippen molar-refractivity contribution in [2.45, 2.75) is 51.5 Å². The van der Waals surface area contributed by atoms with Gasteiger partial charge in [0.2, 0.25) is 0 Å². The normalized spacial score (nSPS) is 19.6. The number of aromatic nitrogens is 2. The Kier molecular flexibility index (Phi) is 3.85. The van der Waals surface area contributed by atoms with Crippen molar-refractivity contribution in [1.82, 2.24) is 14.9 Å². The van der Waals surface area contributed by atoms with E-state index in [0.29, 0.717) is 17.6 Å². The predicted molar refractivity (Wildman–Crippen MR) is 77.8 cm³/mol. The van der Waals surface area contributed by atoms with E-state index in [2.05, 4.69) is 15.3 Å². The molecule has 0 unspecified atom stereocenters. The third kappa shape index (κ3) is 3.26. The van der Waals surface area contributed by atoms with Gasteiger partial charge in [-0.1, -0.05) is 12.8 Å². The van der Waals surface area contributed by atoms with Gasteiger partial charge in [0.05, 0.1) is 0 Å². The fourth-order valence-corrected chi connectivity index (χ4v) is 2.62. The number of carbonyl (C=O) groups excluding carboxylic acids is 1. The number of hydrogen-bond donors (Lipinski definition) is 1. The Morgan fingerprint density at radius 3 is 2.55 bits per heavy atom. The Hall–Kier alpha value is -1.65. The zero-order chi connectivity index (χ0) is 13.9. The van der Waals surface area contributed by atoms with Gasteiger partial charge in [-0.3, -0.25) is 4.79 Å². The minimum atomic E-state index is 0.0521. The molecule has 0 spiro atoms. The predicted octanol–water partition coefficient (Wildman–Crippen LogP) is 2.38. The summed E-state index contributed by atoms with van der Waals surface area (Å²) in [5, 5.41) is 3.35. The quantitative estimate of drug-likeness (QED) is 0.919. The first-order valence-corrected chi connectivity index (χ1v) is 7.64. The van der Waals surface area contributed by atoms with E-state index in [1.54, 1.807) is 6.07 Å². The average Bonchev–Trinajstić information content (AvgIpc) is 3.23. The van der Waals surface area contributed by atoms with Crippen molar-refractivity contribution in [2.24, 2.45) is 0 Å². The van der Waals surface area contributed by atoms with E-state index < -0.39 is 0 Å². The van der Waals surface area contributed by atoms with Crippen molar-refractivity contribution in [1.29, 1.82) is 0 Å². The molecule has 1 saturated heterocycles. The first kappa shape index (κ1) is 13.3. The number of likely N-dealkylation sites (tertiary alicyclic amines) is 1. The minimum Gasteiger partial charge on any atom is -0.367 e. The van der Waals surface area contributed by atoms with Crippen LogP contribution in [0.1, 0.15) is 54.8 Å². The van der Waals surface area contributed by atoms with E-state index in [1.165, 1.54) is 25.7 Å². The van der Waals surface area contributed by atoms with Crippen LogP contribution in [0.2, 0.25) is 0 Å². The van der Waals surface area contributed by atoms with Crippen LogP contribution in [0.25, 0.3) is 0 Å². The lowest BCUT2D eigenvalue weighted by atomic mass is 10.2. The molecule has 1 aliphatic carbocycles. The van der Waals surface area contributed by atoms with Gasteiger partial charge >= 0.3 is 0 Å². The molecule has 108 valence electrons. The molecule has 2 fully saturated rings. The molecular formula is C15H22N4O. The topological polar surface area (TPSA) is 58.1 Å². The van der Waals surface area contributed by atoms with Gasteiger partial charge in [0, 0.05) is 25.2 Å². The monoisotopic (exact) mass is 274 g/mol. The summed E-state index contributed by atoms with van der Waals surface area (Å²) in [7, 11) is 0. The largest absolute Gasteiger partial charge is 0.367 e. The highest BCUT2D eigenvalue weighted by atomic mass is 16.2. The lowest BCUT2D eigenvalue weighted by Crippen LogP contribution is -2.32. The van der Waals surface area contributed by atoms with E-state index in [1.807, 2.05) is 11.8 Å². The average molecular weight is 274 g/mol. The smallest absolute Gasteiger partial charge is 0.272 e. The maximum Gasteiger partial charge on any atom is 0.272 e. The second-order valence-electron chi connectivity index (χ2n) is 5.81. The molecule has 2 heterocycles. The summed E-state index contributed by atoms with van der Waals surface area (Å²) in [6.07, 6.45) is 7.03. The summed E-state index contributed by atoms with van der Waals surface area (Å²) in [6, 6.07) is 2.34. The molecule has 0 atom stereocenters. The molecule has 1 aromatic heterocycles. The molecule has 5 heteroatoms. The summed E-state index contributed by atoms with van der Waals surface area (Å²) < 4.78 is 0. The molecule has 20 heavy (non-hydrogen) atoms. The minimum absolute atomic E-state index is 0.0521. The zero-order valence-corrected chi connectivity index (χ0v) is 12.1. The fourth-order valence-electron chi connectivity index (χ4n) is 2.62. The molecule has 1 N–H and O–H groups in total. The highest BCUT2D eigenvalue weighted by Gasteiger charge is 2.23. The van der Waals surface area contributed by atoms with Gasteiger partial charge in [-0.2, -0.15) is 0 Å². The molecule has 1 aromatic rings. The van der Waals surface area contributed by atoms with Gasteiger partial charge in [0.25, 0.3) is 5.91 Å². The number of hydrogen-bond acceptors (Lipinski definition) is 4. The van der Waals surface area contributed by atoms with E-state index in [9.17, 15) is 4.79 Å². The maximum atomic E-state index is 12.6. The zero-order valence-electron chi connectivity index (χ0n) is 12.1. The van der Waals surface area contributed by atoms with Crippen molar-refractivity contribution < 1.29 is 4.79 Å². The molecule has 1 amide bonds. The standard InChI is InChI=1S/C15H22N4O/c1-11-16-13(10-14(17-11)18-12-6-7-12)15(20)19-8-4-2-3-5-9-19/h10,12H,2-9H2,1H3,(H,16,17,18). The highest BCUT2D eigenvalue weighted by Crippen LogP contribution is 2.24. The Balaban J connectivity index is 1.76.